The van der Waals surface area contributed by atoms with Crippen molar-refractivity contribution in [1.29, 1.82) is 0 Å². The number of hydrogen-bond donors (Lipinski definition) is 1. The van der Waals surface area contributed by atoms with Crippen LogP contribution in [0.3, 0.4) is 0 Å². The molecule has 6 aromatic carbocycles. The first-order valence-corrected chi connectivity index (χ1v) is 20.1. The maximum Gasteiger partial charge on any atom is 0.347 e. The minimum absolute atomic E-state index is 0.0607. The van der Waals surface area contributed by atoms with E-state index in [1.165, 1.54) is 115 Å². The molecule has 1 N–H and O–H groups in total. The topological polar surface area (TPSA) is 180 Å². The third-order valence-electron chi connectivity index (χ3n) is 9.05. The Balaban J connectivity index is 1.01. The molecule has 0 bridgehead atoms. The minimum Gasteiger partial charge on any atom is -0.496 e. The lowest BCUT2D eigenvalue weighted by atomic mass is 10.1. The number of nitrogens with one attached hydrogen (secondary N) is 1. The highest BCUT2D eigenvalue weighted by Gasteiger charge is 2.22. The lowest BCUT2D eigenvalue weighted by Gasteiger charge is -2.13. The second-order valence-electron chi connectivity index (χ2n) is 12.9. The fourth-order valence-electron chi connectivity index (χ4n) is 5.80. The number of methoxy groups -OCH3 is 6. The molecule has 0 unspecified atom stereocenters. The number of benzene rings is 6. The molecule has 0 saturated carbocycles. The molecule has 0 heterocycles. The van der Waals surface area contributed by atoms with E-state index in [1.54, 1.807) is 48.5 Å². The maximum absolute atomic E-state index is 13.1. The van der Waals surface area contributed by atoms with Crippen molar-refractivity contribution < 1.29 is 65.4 Å². The third kappa shape index (κ3) is 10.8. The molecule has 6 aromatic rings. The highest BCUT2D eigenvalue weighted by molar-refractivity contribution is 7.92. The fraction of sp³-hybridized carbons (Fsp3) is 0.128. The van der Waals surface area contributed by atoms with Gasteiger partial charge in [0, 0.05) is 41.1 Å². The molecular formula is C47H39NO14S. The van der Waals surface area contributed by atoms with E-state index in [-0.39, 0.29) is 50.3 Å². The van der Waals surface area contributed by atoms with Gasteiger partial charge in [-0.1, -0.05) is 11.8 Å². The van der Waals surface area contributed by atoms with Gasteiger partial charge in [-0.25, -0.2) is 22.8 Å². The van der Waals surface area contributed by atoms with E-state index in [4.69, 9.17) is 42.6 Å². The zero-order valence-corrected chi connectivity index (χ0v) is 35.5. The second kappa shape index (κ2) is 19.9. The van der Waals surface area contributed by atoms with Crippen molar-refractivity contribution in [1.82, 2.24) is 0 Å². The third-order valence-corrected chi connectivity index (χ3v) is 10.4. The van der Waals surface area contributed by atoms with E-state index in [0.29, 0.717) is 39.8 Å². The Morgan fingerprint density at radius 1 is 0.429 bits per heavy atom. The van der Waals surface area contributed by atoms with Gasteiger partial charge < -0.3 is 42.6 Å². The lowest BCUT2D eigenvalue weighted by Crippen LogP contribution is -2.13. The SMILES string of the molecule is COc1cc(OC)c(C(=O)Oc2ccc(C(=O)Oc3ccc(C#Cc4ccc(NS(=O)(=O)c5ccc(OC(=O)c6cc(OC)c(OC)cc6OC)cc5)cc4)cc3)cc2)cc1OC. The van der Waals surface area contributed by atoms with Crippen molar-refractivity contribution in [3.8, 4) is 63.6 Å². The molecule has 0 spiro atoms. The van der Waals surface area contributed by atoms with Crippen LogP contribution in [-0.2, 0) is 10.0 Å². The molecule has 0 aromatic heterocycles. The number of ether oxygens (including phenoxy) is 9. The molecule has 15 nitrogen and oxygen atoms in total. The number of hydrogen-bond acceptors (Lipinski definition) is 14. The molecule has 16 heteroatoms. The molecule has 0 fully saturated rings. The summed E-state index contributed by atoms with van der Waals surface area (Å²) in [5.74, 6) is 6.33. The van der Waals surface area contributed by atoms with Gasteiger partial charge in [0.15, 0.2) is 23.0 Å². The number of sulfonamides is 1. The van der Waals surface area contributed by atoms with E-state index in [0.717, 1.165) is 0 Å². The molecular weight excluding hydrogens is 835 g/mol. The number of carbonyl (C=O) groups excluding carboxylic acids is 3. The Kier molecular flexibility index (Phi) is 14.0. The summed E-state index contributed by atoms with van der Waals surface area (Å²) in [5.41, 5.74) is 1.97. The first-order valence-electron chi connectivity index (χ1n) is 18.6. The summed E-state index contributed by atoms with van der Waals surface area (Å²) in [6.07, 6.45) is 0. The van der Waals surface area contributed by atoms with Crippen molar-refractivity contribution in [2.75, 3.05) is 47.4 Å². The van der Waals surface area contributed by atoms with Gasteiger partial charge in [-0.05, 0) is 97.1 Å². The monoisotopic (exact) mass is 873 g/mol. The molecule has 63 heavy (non-hydrogen) atoms. The highest BCUT2D eigenvalue weighted by Crippen LogP contribution is 2.36. The van der Waals surface area contributed by atoms with Crippen LogP contribution in [0.5, 0.6) is 51.7 Å². The minimum atomic E-state index is -4.00. The fourth-order valence-corrected chi connectivity index (χ4v) is 6.86. The smallest absolute Gasteiger partial charge is 0.347 e. The number of esters is 3. The molecule has 0 aliphatic heterocycles. The van der Waals surface area contributed by atoms with Crippen molar-refractivity contribution in [2.45, 2.75) is 4.90 Å². The quantitative estimate of drug-likeness (QED) is 0.0605. The van der Waals surface area contributed by atoms with Crippen molar-refractivity contribution in [2.24, 2.45) is 0 Å². The van der Waals surface area contributed by atoms with Crippen molar-refractivity contribution in [3.63, 3.8) is 0 Å². The van der Waals surface area contributed by atoms with Crippen LogP contribution in [0, 0.1) is 11.8 Å². The zero-order chi connectivity index (χ0) is 45.1. The van der Waals surface area contributed by atoms with Crippen LogP contribution in [0.1, 0.15) is 42.2 Å². The number of carbonyl (C=O) groups is 3. The van der Waals surface area contributed by atoms with Crippen LogP contribution < -0.4 is 47.4 Å². The van der Waals surface area contributed by atoms with Crippen LogP contribution in [0.4, 0.5) is 5.69 Å². The summed E-state index contributed by atoms with van der Waals surface area (Å²) < 4.78 is 76.9. The second-order valence-corrected chi connectivity index (χ2v) is 14.6. The molecule has 6 rings (SSSR count). The van der Waals surface area contributed by atoms with Crippen LogP contribution in [0.15, 0.2) is 126 Å². The predicted molar refractivity (Wildman–Crippen MR) is 230 cm³/mol. The summed E-state index contributed by atoms with van der Waals surface area (Å²) in [5, 5.41) is 0. The van der Waals surface area contributed by atoms with Gasteiger partial charge in [0.1, 0.15) is 39.9 Å². The van der Waals surface area contributed by atoms with E-state index in [1.807, 2.05) is 0 Å². The number of anilines is 1. The van der Waals surface area contributed by atoms with E-state index < -0.39 is 27.9 Å². The molecule has 0 aliphatic rings. The zero-order valence-electron chi connectivity index (χ0n) is 34.7. The van der Waals surface area contributed by atoms with Gasteiger partial charge in [0.05, 0.1) is 53.1 Å². The first kappa shape index (κ1) is 44.4. The number of rotatable bonds is 15. The Bertz CT molecular complexity index is 2800. The van der Waals surface area contributed by atoms with Crippen LogP contribution in [0.2, 0.25) is 0 Å². The summed E-state index contributed by atoms with van der Waals surface area (Å²) in [6, 6.07) is 30.1. The Labute approximate surface area is 363 Å². The highest BCUT2D eigenvalue weighted by atomic mass is 32.2. The maximum atomic E-state index is 13.1. The van der Waals surface area contributed by atoms with E-state index >= 15 is 0 Å². The summed E-state index contributed by atoms with van der Waals surface area (Å²) >= 11 is 0. The van der Waals surface area contributed by atoms with Gasteiger partial charge >= 0.3 is 17.9 Å². The Morgan fingerprint density at radius 3 is 1.19 bits per heavy atom. The summed E-state index contributed by atoms with van der Waals surface area (Å²) in [6.45, 7) is 0. The summed E-state index contributed by atoms with van der Waals surface area (Å²) in [4.78, 5) is 38.7. The lowest BCUT2D eigenvalue weighted by molar-refractivity contribution is 0.0719. The van der Waals surface area contributed by atoms with Crippen LogP contribution in [-0.4, -0.2) is 69.0 Å². The Hall–Kier alpha value is -8.16. The molecule has 0 saturated heterocycles. The average molecular weight is 874 g/mol. The normalized spacial score (nSPS) is 10.6. The standard InChI is InChI=1S/C47H39NO14S/c1-54-39-27-43(58-5)41(56-3)25-37(39)46(50)61-34-19-13-31(14-20-34)45(49)60-33-17-11-30(12-18-33)8-7-29-9-15-32(16-10-29)48-63(52,53)36-23-21-35(22-24-36)62-47(51)38-26-42(57-4)44(59-6)28-40(38)55-2/h9-28,48H,1-6H3. The largest absolute Gasteiger partial charge is 0.496 e. The van der Waals surface area contributed by atoms with E-state index in [2.05, 4.69) is 16.6 Å². The first-order chi connectivity index (χ1) is 30.4. The molecule has 0 radical (unpaired) electrons. The van der Waals surface area contributed by atoms with Gasteiger partial charge in [-0.15, -0.1) is 0 Å². The van der Waals surface area contributed by atoms with Crippen molar-refractivity contribution >= 4 is 33.6 Å². The van der Waals surface area contributed by atoms with E-state index in [9.17, 15) is 22.8 Å². The molecule has 0 aliphatic carbocycles. The molecule has 0 atom stereocenters. The van der Waals surface area contributed by atoms with Gasteiger partial charge in [-0.3, -0.25) is 4.72 Å². The van der Waals surface area contributed by atoms with Gasteiger partial charge in [-0.2, -0.15) is 0 Å². The van der Waals surface area contributed by atoms with Gasteiger partial charge in [0.25, 0.3) is 10.0 Å². The molecule has 322 valence electrons. The predicted octanol–water partition coefficient (Wildman–Crippen LogP) is 7.60. The molecule has 0 amide bonds. The Morgan fingerprint density at radius 2 is 0.778 bits per heavy atom. The van der Waals surface area contributed by atoms with Crippen LogP contribution in [0.25, 0.3) is 0 Å². The average Bonchev–Trinajstić information content (AvgIpc) is 3.30. The van der Waals surface area contributed by atoms with Crippen LogP contribution >= 0.6 is 0 Å². The van der Waals surface area contributed by atoms with Gasteiger partial charge in [0.2, 0.25) is 0 Å². The van der Waals surface area contributed by atoms with Crippen molar-refractivity contribution in [3.05, 3.63) is 149 Å². The summed E-state index contributed by atoms with van der Waals surface area (Å²) in [7, 11) is 4.60.